The van der Waals surface area contributed by atoms with E-state index in [-0.39, 0.29) is 52.4 Å². The first-order valence-electron chi connectivity index (χ1n) is 10.4. The number of aliphatic hydroxyl groups excluding tert-OH is 1. The Balaban J connectivity index is 2.44. The van der Waals surface area contributed by atoms with Gasteiger partial charge in [-0.2, -0.15) is 0 Å². The summed E-state index contributed by atoms with van der Waals surface area (Å²) in [6, 6.07) is 5.75. The van der Waals surface area contributed by atoms with Crippen molar-refractivity contribution < 1.29 is 31.5 Å². The minimum Gasteiger partial charge on any atom is -0.395 e. The largest absolute Gasteiger partial charge is 0.395 e. The Morgan fingerprint density at radius 2 is 1.74 bits per heavy atom. The van der Waals surface area contributed by atoms with Gasteiger partial charge in [0, 0.05) is 17.7 Å². The van der Waals surface area contributed by atoms with Crippen LogP contribution in [0.2, 0.25) is 0 Å². The predicted octanol–water partition coefficient (Wildman–Crippen LogP) is 3.90. The van der Waals surface area contributed by atoms with Crippen LogP contribution in [-0.4, -0.2) is 37.6 Å². The average Bonchev–Trinajstić information content (AvgIpc) is 2.80. The van der Waals surface area contributed by atoms with Crippen molar-refractivity contribution in [3.8, 4) is 11.1 Å². The number of amides is 1. The smallest absolute Gasteiger partial charge is 0.270 e. The Kier molecular flexibility index (Phi) is 7.42. The zero-order chi connectivity index (χ0) is 25.2. The second-order valence-electron chi connectivity index (χ2n) is 7.62. The molecule has 2 aromatic carbocycles. The number of sulfone groups is 1. The summed E-state index contributed by atoms with van der Waals surface area (Å²) < 4.78 is 70.0. The van der Waals surface area contributed by atoms with E-state index in [1.807, 2.05) is 0 Å². The van der Waals surface area contributed by atoms with Gasteiger partial charge in [-0.25, -0.2) is 26.6 Å². The number of halogens is 3. The third-order valence-electron chi connectivity index (χ3n) is 5.40. The predicted molar refractivity (Wildman–Crippen MR) is 120 cm³/mol. The Morgan fingerprint density at radius 3 is 2.35 bits per heavy atom. The zero-order valence-electron chi connectivity index (χ0n) is 18.7. The van der Waals surface area contributed by atoms with E-state index in [0.717, 1.165) is 36.4 Å². The van der Waals surface area contributed by atoms with Gasteiger partial charge in [-0.1, -0.05) is 6.92 Å². The van der Waals surface area contributed by atoms with Crippen LogP contribution in [0.5, 0.6) is 0 Å². The van der Waals surface area contributed by atoms with E-state index in [1.54, 1.807) is 6.92 Å². The van der Waals surface area contributed by atoms with Crippen LogP contribution < -0.4 is 5.32 Å². The number of aryl methyl sites for hydroxylation is 1. The minimum atomic E-state index is -4.51. The van der Waals surface area contributed by atoms with Gasteiger partial charge in [-0.3, -0.25) is 4.79 Å². The molecular weight excluding hydrogens is 469 g/mol. The van der Waals surface area contributed by atoms with Crippen molar-refractivity contribution in [1.82, 2.24) is 10.3 Å². The van der Waals surface area contributed by atoms with Gasteiger partial charge in [-0.05, 0) is 73.4 Å². The van der Waals surface area contributed by atoms with E-state index in [9.17, 15) is 26.4 Å². The molecule has 0 atom stereocenters. The normalized spacial score (nSPS) is 11.5. The van der Waals surface area contributed by atoms with Crippen LogP contribution in [0.15, 0.2) is 46.3 Å². The molecule has 34 heavy (non-hydrogen) atoms. The number of rotatable bonds is 7. The van der Waals surface area contributed by atoms with Crippen molar-refractivity contribution in [2.75, 3.05) is 13.2 Å². The maximum absolute atomic E-state index is 14.8. The molecule has 0 radical (unpaired) electrons. The summed E-state index contributed by atoms with van der Waals surface area (Å²) in [5.41, 5.74) is -0.111. The molecular formula is C24H23F3N2O4S. The second kappa shape index (κ2) is 9.94. The van der Waals surface area contributed by atoms with Crippen molar-refractivity contribution >= 4 is 15.7 Å². The molecule has 0 aliphatic rings. The average molecular weight is 493 g/mol. The van der Waals surface area contributed by atoms with Gasteiger partial charge in [0.1, 0.15) is 23.1 Å². The molecule has 6 nitrogen and oxygen atoms in total. The summed E-state index contributed by atoms with van der Waals surface area (Å²) in [6.07, 6.45) is 0.237. The lowest BCUT2D eigenvalue weighted by Crippen LogP contribution is -2.29. The number of hydrogen-bond acceptors (Lipinski definition) is 5. The highest BCUT2D eigenvalue weighted by Crippen LogP contribution is 2.37. The monoisotopic (exact) mass is 492 g/mol. The number of nitrogens with zero attached hydrogens (tertiary/aromatic N) is 1. The van der Waals surface area contributed by atoms with Gasteiger partial charge >= 0.3 is 0 Å². The Morgan fingerprint density at radius 1 is 1.06 bits per heavy atom. The molecule has 0 saturated heterocycles. The molecule has 10 heteroatoms. The van der Waals surface area contributed by atoms with Crippen LogP contribution in [0.1, 0.15) is 34.1 Å². The van der Waals surface area contributed by atoms with Crippen molar-refractivity contribution in [1.29, 1.82) is 0 Å². The van der Waals surface area contributed by atoms with E-state index in [1.165, 1.54) is 13.8 Å². The number of aliphatic hydroxyl groups is 1. The van der Waals surface area contributed by atoms with Gasteiger partial charge in [-0.15, -0.1) is 0 Å². The lowest BCUT2D eigenvalue weighted by molar-refractivity contribution is 0.0938. The number of benzene rings is 2. The van der Waals surface area contributed by atoms with Gasteiger partial charge in [0.15, 0.2) is 5.03 Å². The molecule has 1 heterocycles. The van der Waals surface area contributed by atoms with E-state index in [0.29, 0.717) is 5.56 Å². The highest BCUT2D eigenvalue weighted by atomic mass is 32.2. The molecule has 0 aliphatic heterocycles. The first-order chi connectivity index (χ1) is 16.0. The number of nitrogens with one attached hydrogen (secondary N) is 1. The van der Waals surface area contributed by atoms with Gasteiger partial charge in [0.2, 0.25) is 9.84 Å². The maximum atomic E-state index is 14.8. The third kappa shape index (κ3) is 4.69. The SMILES string of the molecule is CCc1c(C(=O)NCCO)nc(S(=O)(=O)c2ccc(F)c(C)c2)c(-c2cc(F)ccc2F)c1C. The lowest BCUT2D eigenvalue weighted by Gasteiger charge is -2.19. The van der Waals surface area contributed by atoms with E-state index in [4.69, 9.17) is 5.11 Å². The molecule has 1 aromatic heterocycles. The first-order valence-corrected chi connectivity index (χ1v) is 11.9. The fourth-order valence-electron chi connectivity index (χ4n) is 3.68. The summed E-state index contributed by atoms with van der Waals surface area (Å²) in [4.78, 5) is 16.6. The summed E-state index contributed by atoms with van der Waals surface area (Å²) in [7, 11) is -4.51. The molecule has 3 rings (SSSR count). The first kappa shape index (κ1) is 25.4. The number of aromatic nitrogens is 1. The molecule has 180 valence electrons. The fraction of sp³-hybridized carbons (Fsp3) is 0.250. The standard InChI is InChI=1S/C24H23F3N2O4S/c1-4-17-14(3)21(18-12-15(25)5-7-20(18)27)24(29-22(17)23(31)28-9-10-30)34(32,33)16-6-8-19(26)13(2)11-16/h5-8,11-12,30H,4,9-10H2,1-3H3,(H,28,31). The van der Waals surface area contributed by atoms with Crippen LogP contribution >= 0.6 is 0 Å². The van der Waals surface area contributed by atoms with E-state index < -0.39 is 38.2 Å². The highest BCUT2D eigenvalue weighted by molar-refractivity contribution is 7.91. The van der Waals surface area contributed by atoms with Crippen molar-refractivity contribution in [2.45, 2.75) is 37.1 Å². The number of carbonyl (C=O) groups excluding carboxylic acids is 1. The molecule has 0 spiro atoms. The molecule has 0 fully saturated rings. The van der Waals surface area contributed by atoms with Crippen LogP contribution in [-0.2, 0) is 16.3 Å². The molecule has 2 N–H and O–H groups in total. The molecule has 0 aliphatic carbocycles. The number of hydrogen-bond donors (Lipinski definition) is 2. The summed E-state index contributed by atoms with van der Waals surface area (Å²) >= 11 is 0. The highest BCUT2D eigenvalue weighted by Gasteiger charge is 2.31. The summed E-state index contributed by atoms with van der Waals surface area (Å²) in [6.45, 7) is 4.14. The van der Waals surface area contributed by atoms with Crippen LogP contribution in [0.4, 0.5) is 13.2 Å². The lowest BCUT2D eigenvalue weighted by atomic mass is 9.95. The van der Waals surface area contributed by atoms with Gasteiger partial charge in [0.25, 0.3) is 5.91 Å². The van der Waals surface area contributed by atoms with Crippen molar-refractivity contribution in [3.63, 3.8) is 0 Å². The van der Waals surface area contributed by atoms with E-state index in [2.05, 4.69) is 10.3 Å². The number of pyridine rings is 1. The van der Waals surface area contributed by atoms with E-state index >= 15 is 0 Å². The zero-order valence-corrected chi connectivity index (χ0v) is 19.6. The molecule has 3 aromatic rings. The molecule has 0 bridgehead atoms. The Bertz CT molecular complexity index is 1380. The maximum Gasteiger partial charge on any atom is 0.270 e. The van der Waals surface area contributed by atoms with Gasteiger partial charge in [0.05, 0.1) is 11.5 Å². The van der Waals surface area contributed by atoms with Crippen LogP contribution in [0.25, 0.3) is 11.1 Å². The van der Waals surface area contributed by atoms with Gasteiger partial charge < -0.3 is 10.4 Å². The second-order valence-corrected chi connectivity index (χ2v) is 9.48. The third-order valence-corrected chi connectivity index (χ3v) is 7.08. The van der Waals surface area contributed by atoms with Crippen molar-refractivity contribution in [3.05, 3.63) is 76.2 Å². The molecule has 1 amide bonds. The van der Waals surface area contributed by atoms with Crippen molar-refractivity contribution in [2.24, 2.45) is 0 Å². The molecule has 0 saturated carbocycles. The van der Waals surface area contributed by atoms with Crippen LogP contribution in [0, 0.1) is 31.3 Å². The Hall–Kier alpha value is -3.24. The number of carbonyl (C=O) groups is 1. The molecule has 0 unspecified atom stereocenters. The summed E-state index contributed by atoms with van der Waals surface area (Å²) in [5, 5.41) is 10.8. The fourth-order valence-corrected chi connectivity index (χ4v) is 5.23. The minimum absolute atomic E-state index is 0.0578. The summed E-state index contributed by atoms with van der Waals surface area (Å²) in [5.74, 6) is -3.02. The quantitative estimate of drug-likeness (QED) is 0.488. The van der Waals surface area contributed by atoms with Crippen LogP contribution in [0.3, 0.4) is 0 Å². The Labute approximate surface area is 195 Å². The topological polar surface area (TPSA) is 96.4 Å².